The Labute approximate surface area is 172 Å². The van der Waals surface area contributed by atoms with Crippen LogP contribution in [0.2, 0.25) is 0 Å². The fraction of sp³-hybridized carbons (Fsp3) is 0.167. The third-order valence-electron chi connectivity index (χ3n) is 6.17. The van der Waals surface area contributed by atoms with Crippen molar-refractivity contribution >= 4 is 33.4 Å². The maximum Gasteiger partial charge on any atom is 0.241 e. The highest BCUT2D eigenvalue weighted by atomic mass is 79.9. The molecule has 1 heterocycles. The molecule has 1 saturated heterocycles. The number of halogens is 1. The van der Waals surface area contributed by atoms with Gasteiger partial charge in [0.1, 0.15) is 0 Å². The monoisotopic (exact) mass is 431 g/mol. The maximum absolute atomic E-state index is 13.7. The summed E-state index contributed by atoms with van der Waals surface area (Å²) in [7, 11) is 0. The topological polar surface area (TPSA) is 37.4 Å². The van der Waals surface area contributed by atoms with Gasteiger partial charge >= 0.3 is 0 Å². The molecule has 2 aliphatic rings. The Kier molecular flexibility index (Phi) is 3.81. The Morgan fingerprint density at radius 1 is 0.786 bits per heavy atom. The van der Waals surface area contributed by atoms with E-state index in [0.29, 0.717) is 12.1 Å². The van der Waals surface area contributed by atoms with Crippen molar-refractivity contribution < 1.29 is 9.59 Å². The molecular weight excluding hydrogens is 414 g/mol. The molecule has 3 nitrogen and oxygen atoms in total. The Balaban J connectivity index is 1.64. The van der Waals surface area contributed by atoms with Crippen molar-refractivity contribution in [3.8, 4) is 0 Å². The molecular formula is C24H18BrNO2. The number of nitrogens with zero attached hydrogens (tertiary/aromatic N) is 1. The van der Waals surface area contributed by atoms with Gasteiger partial charge in [0.05, 0.1) is 11.1 Å². The van der Waals surface area contributed by atoms with Gasteiger partial charge in [-0.25, -0.2) is 4.90 Å². The highest BCUT2D eigenvalue weighted by Crippen LogP contribution is 2.72. The standard InChI is InChI=1S/C24H18BrNO2/c25-19-12-7-13-20(14-19)26-21(27)15-23(22(26)28)16-24(23,17-8-3-1-4-9-17)18-10-5-2-6-11-18/h1-14H,15-16H2. The second kappa shape index (κ2) is 6.14. The lowest BCUT2D eigenvalue weighted by Crippen LogP contribution is -2.33. The molecule has 1 spiro atoms. The molecule has 1 saturated carbocycles. The third-order valence-corrected chi connectivity index (χ3v) is 6.67. The number of anilines is 1. The van der Waals surface area contributed by atoms with Crippen LogP contribution in [0.1, 0.15) is 24.0 Å². The summed E-state index contributed by atoms with van der Waals surface area (Å²) in [6.07, 6.45) is 0.894. The Morgan fingerprint density at radius 3 is 1.96 bits per heavy atom. The van der Waals surface area contributed by atoms with Crippen molar-refractivity contribution in [2.45, 2.75) is 18.3 Å². The molecule has 0 radical (unpaired) electrons. The van der Waals surface area contributed by atoms with E-state index in [1.807, 2.05) is 60.7 Å². The number of rotatable bonds is 3. The van der Waals surface area contributed by atoms with E-state index in [0.717, 1.165) is 15.6 Å². The summed E-state index contributed by atoms with van der Waals surface area (Å²) in [4.78, 5) is 28.0. The van der Waals surface area contributed by atoms with E-state index in [-0.39, 0.29) is 18.2 Å². The van der Waals surface area contributed by atoms with Crippen molar-refractivity contribution in [1.82, 2.24) is 0 Å². The molecule has 3 aromatic carbocycles. The lowest BCUT2D eigenvalue weighted by atomic mass is 9.79. The van der Waals surface area contributed by atoms with Gasteiger partial charge in [0, 0.05) is 16.3 Å². The quantitative estimate of drug-likeness (QED) is 0.541. The molecule has 1 unspecified atom stereocenters. The van der Waals surface area contributed by atoms with Crippen LogP contribution >= 0.6 is 15.9 Å². The lowest BCUT2D eigenvalue weighted by molar-refractivity contribution is -0.123. The number of carbonyl (C=O) groups excluding carboxylic acids is 2. The molecule has 0 N–H and O–H groups in total. The van der Waals surface area contributed by atoms with Crippen LogP contribution in [0.3, 0.4) is 0 Å². The van der Waals surface area contributed by atoms with E-state index >= 15 is 0 Å². The highest BCUT2D eigenvalue weighted by Gasteiger charge is 2.77. The predicted octanol–water partition coefficient (Wildman–Crippen LogP) is 5.09. The van der Waals surface area contributed by atoms with E-state index in [9.17, 15) is 9.59 Å². The van der Waals surface area contributed by atoms with Gasteiger partial charge in [-0.05, 0) is 35.7 Å². The fourth-order valence-corrected chi connectivity index (χ4v) is 5.25. The fourth-order valence-electron chi connectivity index (χ4n) is 4.87. The molecule has 1 aliphatic carbocycles. The van der Waals surface area contributed by atoms with Crippen LogP contribution in [-0.4, -0.2) is 11.8 Å². The largest absolute Gasteiger partial charge is 0.274 e. The first kappa shape index (κ1) is 17.4. The van der Waals surface area contributed by atoms with Crippen molar-refractivity contribution in [2.24, 2.45) is 5.41 Å². The minimum atomic E-state index is -0.713. The van der Waals surface area contributed by atoms with Crippen LogP contribution in [0, 0.1) is 5.41 Å². The molecule has 2 fully saturated rings. The molecule has 2 amide bonds. The summed E-state index contributed by atoms with van der Waals surface area (Å²) in [5.41, 5.74) is 1.65. The van der Waals surface area contributed by atoms with Crippen molar-refractivity contribution in [1.29, 1.82) is 0 Å². The number of imide groups is 1. The molecule has 4 heteroatoms. The van der Waals surface area contributed by atoms with Gasteiger partial charge in [-0.1, -0.05) is 82.7 Å². The molecule has 5 rings (SSSR count). The van der Waals surface area contributed by atoms with Crippen molar-refractivity contribution in [3.63, 3.8) is 0 Å². The molecule has 1 aliphatic heterocycles. The summed E-state index contributed by atoms with van der Waals surface area (Å²) in [6.45, 7) is 0. The molecule has 1 atom stereocenters. The van der Waals surface area contributed by atoms with E-state index in [4.69, 9.17) is 0 Å². The first-order chi connectivity index (χ1) is 13.6. The van der Waals surface area contributed by atoms with E-state index in [1.165, 1.54) is 4.90 Å². The molecule has 3 aromatic rings. The van der Waals surface area contributed by atoms with E-state index in [1.54, 1.807) is 0 Å². The normalized spacial score (nSPS) is 22.7. The summed E-state index contributed by atoms with van der Waals surface area (Å²) >= 11 is 3.44. The van der Waals surface area contributed by atoms with Gasteiger partial charge < -0.3 is 0 Å². The van der Waals surface area contributed by atoms with Crippen LogP contribution in [0.25, 0.3) is 0 Å². The predicted molar refractivity (Wildman–Crippen MR) is 112 cm³/mol. The zero-order valence-corrected chi connectivity index (χ0v) is 16.7. The lowest BCUT2D eigenvalue weighted by Gasteiger charge is -2.23. The number of carbonyl (C=O) groups is 2. The molecule has 0 aromatic heterocycles. The summed E-state index contributed by atoms with van der Waals surface area (Å²) in [5, 5.41) is 0. The third kappa shape index (κ3) is 2.27. The molecule has 28 heavy (non-hydrogen) atoms. The average molecular weight is 432 g/mol. The second-order valence-electron chi connectivity index (χ2n) is 7.59. The first-order valence-electron chi connectivity index (χ1n) is 9.32. The van der Waals surface area contributed by atoms with Crippen molar-refractivity contribution in [3.05, 3.63) is 101 Å². The summed E-state index contributed by atoms with van der Waals surface area (Å²) < 4.78 is 0.847. The van der Waals surface area contributed by atoms with Gasteiger partial charge in [-0.3, -0.25) is 9.59 Å². The van der Waals surface area contributed by atoms with Crippen molar-refractivity contribution in [2.75, 3.05) is 4.90 Å². The average Bonchev–Trinajstić information content (AvgIpc) is 3.33. The van der Waals surface area contributed by atoms with Crippen LogP contribution in [-0.2, 0) is 15.0 Å². The Bertz CT molecular complexity index is 1040. The first-order valence-corrected chi connectivity index (χ1v) is 10.1. The van der Waals surface area contributed by atoms with Gasteiger partial charge in [0.25, 0.3) is 0 Å². The number of amides is 2. The van der Waals surface area contributed by atoms with Crippen LogP contribution in [0.4, 0.5) is 5.69 Å². The van der Waals surface area contributed by atoms with Gasteiger partial charge in [0.2, 0.25) is 11.8 Å². The SMILES string of the molecule is O=C1CC2(CC2(c2ccccc2)c2ccccc2)C(=O)N1c1cccc(Br)c1. The number of benzene rings is 3. The van der Waals surface area contributed by atoms with E-state index in [2.05, 4.69) is 40.2 Å². The van der Waals surface area contributed by atoms with Gasteiger partial charge in [-0.15, -0.1) is 0 Å². The van der Waals surface area contributed by atoms with Crippen LogP contribution in [0.5, 0.6) is 0 Å². The van der Waals surface area contributed by atoms with Crippen LogP contribution in [0.15, 0.2) is 89.4 Å². The van der Waals surface area contributed by atoms with Gasteiger partial charge in [0.15, 0.2) is 0 Å². The van der Waals surface area contributed by atoms with Crippen LogP contribution < -0.4 is 4.90 Å². The second-order valence-corrected chi connectivity index (χ2v) is 8.50. The Hall–Kier alpha value is -2.72. The summed E-state index contributed by atoms with van der Waals surface area (Å²) in [6, 6.07) is 27.6. The zero-order valence-electron chi connectivity index (χ0n) is 15.1. The number of hydrogen-bond donors (Lipinski definition) is 0. The minimum absolute atomic E-state index is 0.0942. The van der Waals surface area contributed by atoms with Gasteiger partial charge in [-0.2, -0.15) is 0 Å². The molecule has 138 valence electrons. The zero-order chi connectivity index (χ0) is 19.4. The Morgan fingerprint density at radius 2 is 1.39 bits per heavy atom. The maximum atomic E-state index is 13.7. The number of hydrogen-bond acceptors (Lipinski definition) is 2. The minimum Gasteiger partial charge on any atom is -0.274 e. The molecule has 0 bridgehead atoms. The summed E-state index contributed by atoms with van der Waals surface area (Å²) in [5.74, 6) is -0.222. The smallest absolute Gasteiger partial charge is 0.241 e. The highest BCUT2D eigenvalue weighted by molar-refractivity contribution is 9.10. The van der Waals surface area contributed by atoms with E-state index < -0.39 is 10.8 Å².